The quantitative estimate of drug-likeness (QED) is 0.826. The van der Waals surface area contributed by atoms with E-state index in [-0.39, 0.29) is 11.8 Å². The zero-order valence-electron chi connectivity index (χ0n) is 15.0. The molecule has 3 rings (SSSR count). The van der Waals surface area contributed by atoms with Crippen molar-refractivity contribution in [2.45, 2.75) is 19.8 Å². The van der Waals surface area contributed by atoms with Crippen LogP contribution in [-0.4, -0.2) is 74.0 Å². The highest BCUT2D eigenvalue weighted by Crippen LogP contribution is 2.27. The number of benzene rings is 1. The van der Waals surface area contributed by atoms with Crippen LogP contribution in [0.5, 0.6) is 0 Å². The second-order valence-electron chi connectivity index (χ2n) is 6.75. The molecule has 0 aromatic heterocycles. The van der Waals surface area contributed by atoms with E-state index in [1.807, 2.05) is 30.0 Å². The first-order valence-corrected chi connectivity index (χ1v) is 9.27. The van der Waals surface area contributed by atoms with Gasteiger partial charge in [0.05, 0.1) is 6.54 Å². The lowest BCUT2D eigenvalue weighted by Crippen LogP contribution is -2.50. The Hall–Kier alpha value is -1.92. The molecule has 1 N–H and O–H groups in total. The van der Waals surface area contributed by atoms with Crippen molar-refractivity contribution in [1.29, 1.82) is 0 Å². The second-order valence-corrected chi connectivity index (χ2v) is 6.75. The summed E-state index contributed by atoms with van der Waals surface area (Å²) in [7, 11) is 0. The number of fused-ring (bicyclic) bond motifs is 1. The van der Waals surface area contributed by atoms with Gasteiger partial charge in [0, 0.05) is 57.9 Å². The maximum atomic E-state index is 12.6. The topological polar surface area (TPSA) is 55.9 Å². The maximum Gasteiger partial charge on any atom is 0.234 e. The van der Waals surface area contributed by atoms with E-state index in [1.165, 1.54) is 5.56 Å². The van der Waals surface area contributed by atoms with E-state index in [0.29, 0.717) is 19.5 Å². The molecule has 2 heterocycles. The van der Waals surface area contributed by atoms with Crippen molar-refractivity contribution in [3.63, 3.8) is 0 Å². The van der Waals surface area contributed by atoms with Gasteiger partial charge in [0.1, 0.15) is 0 Å². The van der Waals surface area contributed by atoms with Crippen LogP contribution in [0.1, 0.15) is 18.9 Å². The Balaban J connectivity index is 1.40. The molecule has 0 atom stereocenters. The van der Waals surface area contributed by atoms with E-state index < -0.39 is 0 Å². The van der Waals surface area contributed by atoms with Gasteiger partial charge in [-0.25, -0.2) is 0 Å². The third-order valence-corrected chi connectivity index (χ3v) is 5.04. The zero-order chi connectivity index (χ0) is 17.6. The molecule has 0 aliphatic carbocycles. The summed E-state index contributed by atoms with van der Waals surface area (Å²) in [6, 6.07) is 8.18. The fraction of sp³-hybridized carbons (Fsp3) is 0.579. The molecule has 2 aliphatic heterocycles. The molecule has 25 heavy (non-hydrogen) atoms. The summed E-state index contributed by atoms with van der Waals surface area (Å²) in [5.41, 5.74) is 2.36. The first kappa shape index (κ1) is 17.9. The molecule has 0 bridgehead atoms. The van der Waals surface area contributed by atoms with Crippen molar-refractivity contribution in [3.05, 3.63) is 29.8 Å². The van der Waals surface area contributed by atoms with Crippen LogP contribution in [-0.2, 0) is 16.0 Å². The third kappa shape index (κ3) is 4.58. The average molecular weight is 344 g/mol. The lowest BCUT2D eigenvalue weighted by atomic mass is 10.2. The van der Waals surface area contributed by atoms with Crippen LogP contribution in [0.15, 0.2) is 24.3 Å². The predicted molar refractivity (Wildman–Crippen MR) is 98.7 cm³/mol. The minimum Gasteiger partial charge on any atom is -0.355 e. The molecule has 0 unspecified atom stereocenters. The summed E-state index contributed by atoms with van der Waals surface area (Å²) in [4.78, 5) is 30.6. The van der Waals surface area contributed by atoms with E-state index in [9.17, 15) is 9.59 Å². The fourth-order valence-corrected chi connectivity index (χ4v) is 3.61. The summed E-state index contributed by atoms with van der Waals surface area (Å²) < 4.78 is 0. The summed E-state index contributed by atoms with van der Waals surface area (Å²) in [6.07, 6.45) is 1.52. The standard InChI is InChI=1S/C19H28N4O2/c1-2-20-18(24)15-22-13-11-21(12-14-22)9-8-19(25)23-10-7-16-5-3-4-6-17(16)23/h3-6H,2,7-15H2,1H3,(H,20,24). The third-order valence-electron chi connectivity index (χ3n) is 5.04. The molecule has 1 saturated heterocycles. The summed E-state index contributed by atoms with van der Waals surface area (Å²) in [5.74, 6) is 0.313. The van der Waals surface area contributed by atoms with Gasteiger partial charge in [-0.1, -0.05) is 18.2 Å². The van der Waals surface area contributed by atoms with Gasteiger partial charge < -0.3 is 15.1 Å². The van der Waals surface area contributed by atoms with Gasteiger partial charge in [-0.2, -0.15) is 0 Å². The van der Waals surface area contributed by atoms with Gasteiger partial charge in [-0.15, -0.1) is 0 Å². The van der Waals surface area contributed by atoms with Gasteiger partial charge in [0.2, 0.25) is 11.8 Å². The Kier molecular flexibility index (Phi) is 6.04. The molecule has 1 fully saturated rings. The molecule has 0 spiro atoms. The maximum absolute atomic E-state index is 12.6. The van der Waals surface area contributed by atoms with Crippen LogP contribution in [0.25, 0.3) is 0 Å². The number of carbonyl (C=O) groups excluding carboxylic acids is 2. The highest BCUT2D eigenvalue weighted by molar-refractivity contribution is 5.95. The average Bonchev–Trinajstić information content (AvgIpc) is 3.05. The number of likely N-dealkylation sites (N-methyl/N-ethyl adjacent to an activating group) is 1. The molecular formula is C19H28N4O2. The van der Waals surface area contributed by atoms with Gasteiger partial charge in [-0.3, -0.25) is 14.5 Å². The number of amides is 2. The molecule has 1 aromatic carbocycles. The smallest absolute Gasteiger partial charge is 0.234 e. The van der Waals surface area contributed by atoms with Crippen LogP contribution in [0, 0.1) is 0 Å². The SMILES string of the molecule is CCNC(=O)CN1CCN(CCC(=O)N2CCc3ccccc32)CC1. The minimum absolute atomic E-state index is 0.0961. The van der Waals surface area contributed by atoms with Crippen molar-refractivity contribution < 1.29 is 9.59 Å². The molecule has 2 aliphatic rings. The number of rotatable bonds is 6. The lowest BCUT2D eigenvalue weighted by Gasteiger charge is -2.34. The summed E-state index contributed by atoms with van der Waals surface area (Å²) in [6.45, 7) is 8.31. The Morgan fingerprint density at radius 3 is 2.52 bits per heavy atom. The number of nitrogens with zero attached hydrogens (tertiary/aromatic N) is 3. The van der Waals surface area contributed by atoms with Crippen molar-refractivity contribution in [2.75, 3.05) is 57.3 Å². The lowest BCUT2D eigenvalue weighted by molar-refractivity contribution is -0.122. The van der Waals surface area contributed by atoms with Crippen LogP contribution in [0.3, 0.4) is 0 Å². The van der Waals surface area contributed by atoms with Crippen molar-refractivity contribution in [3.8, 4) is 0 Å². The monoisotopic (exact) mass is 344 g/mol. The molecule has 6 heteroatoms. The van der Waals surface area contributed by atoms with Gasteiger partial charge in [0.15, 0.2) is 0 Å². The zero-order valence-corrected chi connectivity index (χ0v) is 15.0. The van der Waals surface area contributed by atoms with Crippen molar-refractivity contribution in [1.82, 2.24) is 15.1 Å². The van der Waals surface area contributed by atoms with Gasteiger partial charge in [0.25, 0.3) is 0 Å². The molecular weight excluding hydrogens is 316 g/mol. The van der Waals surface area contributed by atoms with Crippen molar-refractivity contribution in [2.24, 2.45) is 0 Å². The number of para-hydroxylation sites is 1. The predicted octanol–water partition coefficient (Wildman–Crippen LogP) is 0.720. The fourth-order valence-electron chi connectivity index (χ4n) is 3.61. The second kappa shape index (κ2) is 8.45. The summed E-state index contributed by atoms with van der Waals surface area (Å²) >= 11 is 0. The molecule has 1 aromatic rings. The minimum atomic E-state index is 0.0961. The number of anilines is 1. The molecule has 6 nitrogen and oxygen atoms in total. The van der Waals surface area contributed by atoms with Crippen molar-refractivity contribution >= 4 is 17.5 Å². The Bertz CT molecular complexity index is 611. The van der Waals surface area contributed by atoms with E-state index >= 15 is 0 Å². The molecule has 0 radical (unpaired) electrons. The Morgan fingerprint density at radius 2 is 1.76 bits per heavy atom. The van der Waals surface area contributed by atoms with Gasteiger partial charge >= 0.3 is 0 Å². The van der Waals surface area contributed by atoms with Crippen LogP contribution >= 0.6 is 0 Å². The first-order chi connectivity index (χ1) is 12.2. The van der Waals surface area contributed by atoms with E-state index in [4.69, 9.17) is 0 Å². The van der Waals surface area contributed by atoms with E-state index in [2.05, 4.69) is 21.2 Å². The molecule has 0 saturated carbocycles. The van der Waals surface area contributed by atoms with Crippen LogP contribution in [0.4, 0.5) is 5.69 Å². The number of nitrogens with one attached hydrogen (secondary N) is 1. The highest BCUT2D eigenvalue weighted by atomic mass is 16.2. The molecule has 2 amide bonds. The number of piperazine rings is 1. The molecule has 136 valence electrons. The highest BCUT2D eigenvalue weighted by Gasteiger charge is 2.25. The van der Waals surface area contributed by atoms with Gasteiger partial charge in [-0.05, 0) is 25.0 Å². The normalized spacial score (nSPS) is 18.2. The Labute approximate surface area is 149 Å². The van der Waals surface area contributed by atoms with Crippen LogP contribution < -0.4 is 10.2 Å². The largest absolute Gasteiger partial charge is 0.355 e. The number of hydrogen-bond acceptors (Lipinski definition) is 4. The first-order valence-electron chi connectivity index (χ1n) is 9.27. The Morgan fingerprint density at radius 1 is 1.04 bits per heavy atom. The summed E-state index contributed by atoms with van der Waals surface area (Å²) in [5, 5.41) is 2.84. The number of carbonyl (C=O) groups is 2. The van der Waals surface area contributed by atoms with E-state index in [0.717, 1.165) is 51.4 Å². The van der Waals surface area contributed by atoms with E-state index in [1.54, 1.807) is 0 Å². The van der Waals surface area contributed by atoms with Crippen LogP contribution in [0.2, 0.25) is 0 Å². The number of hydrogen-bond donors (Lipinski definition) is 1.